The van der Waals surface area contributed by atoms with Crippen LogP contribution in [0.1, 0.15) is 20.3 Å². The van der Waals surface area contributed by atoms with Gasteiger partial charge in [0.25, 0.3) is 0 Å². The summed E-state index contributed by atoms with van der Waals surface area (Å²) in [5, 5.41) is 7.93. The van der Waals surface area contributed by atoms with E-state index in [9.17, 15) is 0 Å². The fourth-order valence-corrected chi connectivity index (χ4v) is 0.164. The Hall–Kier alpha value is -0.840. The van der Waals surface area contributed by atoms with E-state index in [4.69, 9.17) is 5.26 Å². The third-order valence-electron chi connectivity index (χ3n) is 0.753. The van der Waals surface area contributed by atoms with Gasteiger partial charge in [-0.2, -0.15) is 10.3 Å². The third-order valence-corrected chi connectivity index (χ3v) is 0.753. The number of nitriles is 1. The maximum atomic E-state index is 7.93. The smallest absolute Gasteiger partial charge is 0.183 e. The molecule has 0 aromatic carbocycles. The van der Waals surface area contributed by atoms with Crippen LogP contribution in [0.4, 0.5) is 0 Å². The zero-order valence-corrected chi connectivity index (χ0v) is 4.60. The minimum atomic E-state index is 0.869. The van der Waals surface area contributed by atoms with E-state index >= 15 is 0 Å². The predicted octanol–water partition coefficient (Wildman–Crippen LogP) is 1.34. The molecular formula is C5H8N2. The van der Waals surface area contributed by atoms with Crippen molar-refractivity contribution in [3.05, 3.63) is 0 Å². The predicted molar refractivity (Wildman–Crippen MR) is 29.0 cm³/mol. The van der Waals surface area contributed by atoms with Crippen LogP contribution in [-0.4, -0.2) is 5.71 Å². The molecule has 0 rings (SSSR count). The largest absolute Gasteiger partial charge is 0.205 e. The summed E-state index contributed by atoms with van der Waals surface area (Å²) in [7, 11) is 0. The van der Waals surface area contributed by atoms with Crippen LogP contribution in [0.5, 0.6) is 0 Å². The molecule has 0 amide bonds. The number of hydrogen-bond acceptors (Lipinski definition) is 2. The molecule has 2 heteroatoms. The maximum absolute atomic E-state index is 7.93. The van der Waals surface area contributed by atoms with Crippen LogP contribution in [0.15, 0.2) is 4.99 Å². The highest BCUT2D eigenvalue weighted by Gasteiger charge is 1.78. The van der Waals surface area contributed by atoms with Gasteiger partial charge in [-0.1, -0.05) is 6.92 Å². The zero-order chi connectivity index (χ0) is 5.70. The van der Waals surface area contributed by atoms with Gasteiger partial charge in [0.15, 0.2) is 0 Å². The number of nitrogens with zero attached hydrogens (tertiary/aromatic N) is 2. The van der Waals surface area contributed by atoms with E-state index in [2.05, 4.69) is 4.99 Å². The van der Waals surface area contributed by atoms with Crippen molar-refractivity contribution in [3.63, 3.8) is 0 Å². The minimum Gasteiger partial charge on any atom is -0.183 e. The molecule has 0 unspecified atom stereocenters. The van der Waals surface area contributed by atoms with Crippen LogP contribution in [0.3, 0.4) is 0 Å². The lowest BCUT2D eigenvalue weighted by atomic mass is 10.3. The van der Waals surface area contributed by atoms with Crippen LogP contribution in [-0.2, 0) is 0 Å². The van der Waals surface area contributed by atoms with Crippen LogP contribution in [0.25, 0.3) is 0 Å². The molecule has 38 valence electrons. The maximum Gasteiger partial charge on any atom is 0.205 e. The van der Waals surface area contributed by atoms with Crippen molar-refractivity contribution < 1.29 is 0 Å². The lowest BCUT2D eigenvalue weighted by molar-refractivity contribution is 1.25. The van der Waals surface area contributed by atoms with Gasteiger partial charge in [0.1, 0.15) is 0 Å². The van der Waals surface area contributed by atoms with Gasteiger partial charge in [-0.3, -0.25) is 0 Å². The Morgan fingerprint density at radius 1 is 1.86 bits per heavy atom. The SMILES string of the molecule is CCC(C)=NC#N. The molecule has 0 N–H and O–H groups in total. The molecule has 0 spiro atoms. The van der Waals surface area contributed by atoms with Gasteiger partial charge in [-0.15, -0.1) is 0 Å². The van der Waals surface area contributed by atoms with Crippen LogP contribution in [0, 0.1) is 11.5 Å². The van der Waals surface area contributed by atoms with Crippen molar-refractivity contribution in [2.75, 3.05) is 0 Å². The molecule has 0 saturated carbocycles. The first-order valence-electron chi connectivity index (χ1n) is 2.23. The second kappa shape index (κ2) is 3.35. The zero-order valence-electron chi connectivity index (χ0n) is 4.60. The van der Waals surface area contributed by atoms with Crippen molar-refractivity contribution in [2.24, 2.45) is 4.99 Å². The summed E-state index contributed by atoms with van der Waals surface area (Å²) in [5.74, 6) is 0. The molecule has 0 aliphatic rings. The highest BCUT2D eigenvalue weighted by atomic mass is 14.7. The van der Waals surface area contributed by atoms with Crippen LogP contribution in [0.2, 0.25) is 0 Å². The van der Waals surface area contributed by atoms with E-state index in [1.165, 1.54) is 0 Å². The Morgan fingerprint density at radius 3 is 2.57 bits per heavy atom. The number of aliphatic imine (C=N–C) groups is 1. The molecule has 7 heavy (non-hydrogen) atoms. The van der Waals surface area contributed by atoms with Crippen molar-refractivity contribution in [1.82, 2.24) is 0 Å². The second-order valence-electron chi connectivity index (χ2n) is 1.30. The first-order chi connectivity index (χ1) is 3.31. The highest BCUT2D eigenvalue weighted by Crippen LogP contribution is 1.80. The summed E-state index contributed by atoms with van der Waals surface area (Å²) < 4.78 is 0. The van der Waals surface area contributed by atoms with Crippen LogP contribution >= 0.6 is 0 Å². The lowest BCUT2D eigenvalue weighted by Crippen LogP contribution is -1.83. The first kappa shape index (κ1) is 6.16. The van der Waals surface area contributed by atoms with Gasteiger partial charge in [0, 0.05) is 5.71 Å². The van der Waals surface area contributed by atoms with Gasteiger partial charge in [0.2, 0.25) is 6.19 Å². The molecular weight excluding hydrogens is 88.1 g/mol. The Labute approximate surface area is 43.5 Å². The molecule has 0 aliphatic carbocycles. The van der Waals surface area contributed by atoms with E-state index in [-0.39, 0.29) is 0 Å². The molecule has 0 aliphatic heterocycles. The summed E-state index contributed by atoms with van der Waals surface area (Å²) in [6.07, 6.45) is 2.57. The van der Waals surface area contributed by atoms with Gasteiger partial charge in [0.05, 0.1) is 0 Å². The second-order valence-corrected chi connectivity index (χ2v) is 1.30. The van der Waals surface area contributed by atoms with E-state index in [0.29, 0.717) is 0 Å². The van der Waals surface area contributed by atoms with Gasteiger partial charge in [-0.05, 0) is 13.3 Å². The highest BCUT2D eigenvalue weighted by molar-refractivity contribution is 5.82. The Morgan fingerprint density at radius 2 is 2.43 bits per heavy atom. The average molecular weight is 96.1 g/mol. The summed E-state index contributed by atoms with van der Waals surface area (Å²) in [6, 6.07) is 0. The van der Waals surface area contributed by atoms with E-state index in [0.717, 1.165) is 12.1 Å². The fourth-order valence-electron chi connectivity index (χ4n) is 0.164. The molecule has 0 atom stereocenters. The fraction of sp³-hybridized carbons (Fsp3) is 0.600. The number of hydrogen-bond donors (Lipinski definition) is 0. The molecule has 0 aromatic rings. The topological polar surface area (TPSA) is 36.1 Å². The summed E-state index contributed by atoms with van der Waals surface area (Å²) in [6.45, 7) is 3.80. The van der Waals surface area contributed by atoms with Gasteiger partial charge in [-0.25, -0.2) is 0 Å². The van der Waals surface area contributed by atoms with E-state index < -0.39 is 0 Å². The third kappa shape index (κ3) is 2.98. The number of rotatable bonds is 1. The molecule has 0 bridgehead atoms. The molecule has 0 fully saturated rings. The van der Waals surface area contributed by atoms with Gasteiger partial charge < -0.3 is 0 Å². The minimum absolute atomic E-state index is 0.869. The van der Waals surface area contributed by atoms with Crippen molar-refractivity contribution >= 4 is 5.71 Å². The molecule has 0 aromatic heterocycles. The van der Waals surface area contributed by atoms with Crippen molar-refractivity contribution in [2.45, 2.75) is 20.3 Å². The average Bonchev–Trinajstić information content (AvgIpc) is 1.68. The summed E-state index contributed by atoms with van der Waals surface area (Å²) in [5.41, 5.74) is 0.891. The molecule has 2 nitrogen and oxygen atoms in total. The lowest BCUT2D eigenvalue weighted by Gasteiger charge is -1.81. The quantitative estimate of drug-likeness (QED) is 0.358. The Balaban J connectivity index is 3.56. The normalized spacial score (nSPS) is 10.7. The standard InChI is InChI=1S/C5H8N2/c1-3-5(2)7-4-6/h3H2,1-2H3. The first-order valence-corrected chi connectivity index (χ1v) is 2.23. The van der Waals surface area contributed by atoms with E-state index in [1.54, 1.807) is 6.19 Å². The monoisotopic (exact) mass is 96.1 g/mol. The van der Waals surface area contributed by atoms with Crippen molar-refractivity contribution in [1.29, 1.82) is 5.26 Å². The summed E-state index contributed by atoms with van der Waals surface area (Å²) >= 11 is 0. The molecule has 0 heterocycles. The summed E-state index contributed by atoms with van der Waals surface area (Å²) in [4.78, 5) is 3.47. The Bertz CT molecular complexity index is 108. The molecule has 0 saturated heterocycles. The van der Waals surface area contributed by atoms with E-state index in [1.807, 2.05) is 13.8 Å². The van der Waals surface area contributed by atoms with Crippen molar-refractivity contribution in [3.8, 4) is 6.19 Å². The molecule has 0 radical (unpaired) electrons. The Kier molecular flexibility index (Phi) is 2.95. The van der Waals surface area contributed by atoms with Gasteiger partial charge >= 0.3 is 0 Å². The van der Waals surface area contributed by atoms with Crippen LogP contribution < -0.4 is 0 Å².